The Balaban J connectivity index is 1.92. The number of rotatable bonds is 9. The van der Waals surface area contributed by atoms with E-state index in [-0.39, 0.29) is 5.97 Å². The lowest BCUT2D eigenvalue weighted by molar-refractivity contribution is -0.138. The van der Waals surface area contributed by atoms with Gasteiger partial charge in [0.25, 0.3) is 0 Å². The molecule has 0 radical (unpaired) electrons. The van der Waals surface area contributed by atoms with Gasteiger partial charge in [0.2, 0.25) is 0 Å². The van der Waals surface area contributed by atoms with Gasteiger partial charge in [-0.25, -0.2) is 4.79 Å². The standard InChI is InChI=1S/C15H20O3S/c1-13(2)15(16)18-10-12-19-11-6-9-17-14-7-4-3-5-8-14/h3-5,7-8H,1,6,9-12H2,2H3. The third-order valence-corrected chi connectivity index (χ3v) is 3.29. The summed E-state index contributed by atoms with van der Waals surface area (Å²) >= 11 is 1.76. The Bertz CT molecular complexity index is 390. The molecule has 104 valence electrons. The van der Waals surface area contributed by atoms with Crippen molar-refractivity contribution in [3.05, 3.63) is 42.5 Å². The van der Waals surface area contributed by atoms with E-state index in [0.29, 0.717) is 18.8 Å². The minimum Gasteiger partial charge on any atom is -0.494 e. The highest BCUT2D eigenvalue weighted by atomic mass is 32.2. The van der Waals surface area contributed by atoms with Crippen LogP contribution in [0.2, 0.25) is 0 Å². The summed E-state index contributed by atoms with van der Waals surface area (Å²) < 4.78 is 10.6. The number of hydrogen-bond donors (Lipinski definition) is 0. The fraction of sp³-hybridized carbons (Fsp3) is 0.400. The lowest BCUT2D eigenvalue weighted by Gasteiger charge is -2.06. The number of para-hydroxylation sites is 1. The van der Waals surface area contributed by atoms with Gasteiger partial charge >= 0.3 is 5.97 Å². The fourth-order valence-corrected chi connectivity index (χ4v) is 2.01. The van der Waals surface area contributed by atoms with Crippen molar-refractivity contribution in [1.29, 1.82) is 0 Å². The van der Waals surface area contributed by atoms with Crippen molar-refractivity contribution in [2.24, 2.45) is 0 Å². The molecule has 4 heteroatoms. The van der Waals surface area contributed by atoms with Crippen LogP contribution >= 0.6 is 11.8 Å². The Kier molecular flexibility index (Phi) is 7.82. The molecule has 0 unspecified atom stereocenters. The molecule has 1 aromatic carbocycles. The topological polar surface area (TPSA) is 35.5 Å². The molecule has 1 rings (SSSR count). The number of ether oxygens (including phenoxy) is 2. The molecule has 0 fully saturated rings. The molecular formula is C15H20O3S. The van der Waals surface area contributed by atoms with Crippen LogP contribution in [-0.2, 0) is 9.53 Å². The molecule has 0 bridgehead atoms. The summed E-state index contributed by atoms with van der Waals surface area (Å²) in [5.41, 5.74) is 0.446. The van der Waals surface area contributed by atoms with E-state index in [9.17, 15) is 4.79 Å². The second kappa shape index (κ2) is 9.50. The van der Waals surface area contributed by atoms with Crippen LogP contribution in [0.4, 0.5) is 0 Å². The fourth-order valence-electron chi connectivity index (χ4n) is 1.29. The van der Waals surface area contributed by atoms with E-state index in [1.54, 1.807) is 18.7 Å². The maximum Gasteiger partial charge on any atom is 0.333 e. The molecule has 19 heavy (non-hydrogen) atoms. The van der Waals surface area contributed by atoms with Crippen LogP contribution in [0.15, 0.2) is 42.5 Å². The van der Waals surface area contributed by atoms with E-state index in [4.69, 9.17) is 9.47 Å². The first-order chi connectivity index (χ1) is 9.20. The Morgan fingerprint density at radius 3 is 2.63 bits per heavy atom. The van der Waals surface area contributed by atoms with Crippen LogP contribution in [0, 0.1) is 0 Å². The molecule has 0 spiro atoms. The molecule has 3 nitrogen and oxygen atoms in total. The number of esters is 1. The van der Waals surface area contributed by atoms with Crippen LogP contribution in [0.3, 0.4) is 0 Å². The second-order valence-corrected chi connectivity index (χ2v) is 5.27. The zero-order chi connectivity index (χ0) is 13.9. The van der Waals surface area contributed by atoms with E-state index in [2.05, 4.69) is 6.58 Å². The molecule has 0 aliphatic rings. The van der Waals surface area contributed by atoms with Crippen molar-refractivity contribution in [3.8, 4) is 5.75 Å². The zero-order valence-electron chi connectivity index (χ0n) is 11.3. The zero-order valence-corrected chi connectivity index (χ0v) is 12.1. The van der Waals surface area contributed by atoms with Crippen LogP contribution in [0.5, 0.6) is 5.75 Å². The van der Waals surface area contributed by atoms with Crippen LogP contribution in [-0.4, -0.2) is 30.7 Å². The lowest BCUT2D eigenvalue weighted by atomic mass is 10.3. The molecule has 0 aliphatic carbocycles. The van der Waals surface area contributed by atoms with Gasteiger partial charge in [-0.2, -0.15) is 11.8 Å². The van der Waals surface area contributed by atoms with Gasteiger partial charge in [0.1, 0.15) is 12.4 Å². The predicted molar refractivity (Wildman–Crippen MR) is 79.7 cm³/mol. The molecule has 0 amide bonds. The molecule has 0 N–H and O–H groups in total. The SMILES string of the molecule is C=C(C)C(=O)OCCSCCCOc1ccccc1. The van der Waals surface area contributed by atoms with Gasteiger partial charge in [0, 0.05) is 11.3 Å². The van der Waals surface area contributed by atoms with Crippen molar-refractivity contribution < 1.29 is 14.3 Å². The Labute approximate surface area is 119 Å². The number of hydrogen-bond acceptors (Lipinski definition) is 4. The molecule has 0 atom stereocenters. The normalized spacial score (nSPS) is 9.95. The minimum absolute atomic E-state index is 0.312. The summed E-state index contributed by atoms with van der Waals surface area (Å²) in [6.45, 7) is 6.33. The highest BCUT2D eigenvalue weighted by Gasteiger charge is 2.01. The lowest BCUT2D eigenvalue weighted by Crippen LogP contribution is -2.08. The number of carbonyl (C=O) groups excluding carboxylic acids is 1. The van der Waals surface area contributed by atoms with Gasteiger partial charge in [-0.1, -0.05) is 24.8 Å². The van der Waals surface area contributed by atoms with Gasteiger partial charge in [-0.05, 0) is 31.2 Å². The quantitative estimate of drug-likeness (QED) is 0.395. The maximum atomic E-state index is 11.1. The average Bonchev–Trinajstić information content (AvgIpc) is 2.42. The van der Waals surface area contributed by atoms with Crippen LogP contribution in [0.1, 0.15) is 13.3 Å². The highest BCUT2D eigenvalue weighted by Crippen LogP contribution is 2.09. The van der Waals surface area contributed by atoms with Crippen LogP contribution in [0.25, 0.3) is 0 Å². The van der Waals surface area contributed by atoms with E-state index in [0.717, 1.165) is 23.7 Å². The van der Waals surface area contributed by atoms with E-state index < -0.39 is 0 Å². The monoisotopic (exact) mass is 280 g/mol. The molecule has 0 saturated heterocycles. The van der Waals surface area contributed by atoms with Gasteiger partial charge in [0.15, 0.2) is 0 Å². The summed E-state index contributed by atoms with van der Waals surface area (Å²) in [7, 11) is 0. The highest BCUT2D eigenvalue weighted by molar-refractivity contribution is 7.99. The first kappa shape index (κ1) is 15.6. The van der Waals surface area contributed by atoms with Gasteiger partial charge in [-0.3, -0.25) is 0 Å². The molecule has 0 aromatic heterocycles. The molecule has 1 aromatic rings. The number of carbonyl (C=O) groups is 1. The minimum atomic E-state index is -0.312. The summed E-state index contributed by atoms with van der Waals surface area (Å²) in [6, 6.07) is 9.78. The third-order valence-electron chi connectivity index (χ3n) is 2.25. The summed E-state index contributed by atoms with van der Waals surface area (Å²) in [5, 5.41) is 0. The Hall–Kier alpha value is -1.42. The van der Waals surface area contributed by atoms with Crippen molar-refractivity contribution in [1.82, 2.24) is 0 Å². The number of benzene rings is 1. The van der Waals surface area contributed by atoms with Crippen molar-refractivity contribution in [2.45, 2.75) is 13.3 Å². The number of thioether (sulfide) groups is 1. The average molecular weight is 280 g/mol. The van der Waals surface area contributed by atoms with Crippen molar-refractivity contribution in [3.63, 3.8) is 0 Å². The van der Waals surface area contributed by atoms with E-state index >= 15 is 0 Å². The molecule has 0 saturated carbocycles. The maximum absolute atomic E-state index is 11.1. The van der Waals surface area contributed by atoms with Gasteiger partial charge < -0.3 is 9.47 Å². The Morgan fingerprint density at radius 1 is 1.21 bits per heavy atom. The molecular weight excluding hydrogens is 260 g/mol. The van der Waals surface area contributed by atoms with Crippen LogP contribution < -0.4 is 4.74 Å². The van der Waals surface area contributed by atoms with Gasteiger partial charge in [0.05, 0.1) is 6.61 Å². The van der Waals surface area contributed by atoms with Crippen molar-refractivity contribution in [2.75, 3.05) is 24.7 Å². The molecule has 0 aliphatic heterocycles. The Morgan fingerprint density at radius 2 is 1.95 bits per heavy atom. The first-order valence-corrected chi connectivity index (χ1v) is 7.44. The van der Waals surface area contributed by atoms with Gasteiger partial charge in [-0.15, -0.1) is 0 Å². The second-order valence-electron chi connectivity index (χ2n) is 4.04. The largest absolute Gasteiger partial charge is 0.494 e. The summed E-state index contributed by atoms with van der Waals surface area (Å²) in [6.07, 6.45) is 0.980. The molecule has 0 heterocycles. The smallest absolute Gasteiger partial charge is 0.333 e. The van der Waals surface area contributed by atoms with Crippen molar-refractivity contribution >= 4 is 17.7 Å². The van der Waals surface area contributed by atoms with E-state index in [1.165, 1.54) is 0 Å². The predicted octanol–water partition coefficient (Wildman–Crippen LogP) is 3.31. The van der Waals surface area contributed by atoms with E-state index in [1.807, 2.05) is 30.3 Å². The summed E-state index contributed by atoms with van der Waals surface area (Å²) in [5.74, 6) is 2.40. The summed E-state index contributed by atoms with van der Waals surface area (Å²) in [4.78, 5) is 11.1. The first-order valence-electron chi connectivity index (χ1n) is 6.28. The third kappa shape index (κ3) is 7.57.